The van der Waals surface area contributed by atoms with Gasteiger partial charge in [-0.25, -0.2) is 8.42 Å². The number of carbonyl (C=O) groups excluding carboxylic acids is 1. The van der Waals surface area contributed by atoms with E-state index in [1.54, 1.807) is 55.6 Å². The number of piperidine rings is 1. The van der Waals surface area contributed by atoms with Crippen LogP contribution < -0.4 is 9.46 Å². The van der Waals surface area contributed by atoms with Gasteiger partial charge in [0.05, 0.1) is 12.0 Å². The summed E-state index contributed by atoms with van der Waals surface area (Å²) in [6.07, 6.45) is 3.22. The highest BCUT2D eigenvalue weighted by Gasteiger charge is 2.19. The smallest absolute Gasteiger partial charge is 0.261 e. The Morgan fingerprint density at radius 3 is 2.27 bits per heavy atom. The molecule has 3 aromatic carbocycles. The van der Waals surface area contributed by atoms with Crippen molar-refractivity contribution in [2.45, 2.75) is 24.2 Å². The standard InChI is InChI=1S/C23H24N2O4S/c1-29-21-11-7-19-16-22(12-8-18(19)15-21)30(27,28)24-20-9-5-17(6-10-20)23(26)25-13-3-2-4-14-25/h5-12,15-16,24H,2-4,13-14H2,1H3. The van der Waals surface area contributed by atoms with E-state index in [4.69, 9.17) is 4.74 Å². The molecule has 0 aliphatic carbocycles. The fraction of sp³-hybridized carbons (Fsp3) is 0.261. The number of anilines is 1. The Bertz CT molecular complexity index is 1170. The Labute approximate surface area is 176 Å². The Morgan fingerprint density at radius 1 is 0.900 bits per heavy atom. The van der Waals surface area contributed by atoms with Crippen molar-refractivity contribution in [1.82, 2.24) is 4.90 Å². The molecule has 0 bridgehead atoms. The van der Waals surface area contributed by atoms with Crippen LogP contribution in [0.5, 0.6) is 5.75 Å². The number of amides is 1. The highest BCUT2D eigenvalue weighted by molar-refractivity contribution is 7.92. The van der Waals surface area contributed by atoms with Gasteiger partial charge in [0.2, 0.25) is 0 Å². The lowest BCUT2D eigenvalue weighted by Gasteiger charge is -2.26. The number of ether oxygens (including phenoxy) is 1. The molecule has 156 valence electrons. The Balaban J connectivity index is 1.51. The fourth-order valence-electron chi connectivity index (χ4n) is 3.67. The molecule has 1 aliphatic rings. The molecule has 3 aromatic rings. The van der Waals surface area contributed by atoms with Crippen LogP contribution in [-0.2, 0) is 10.0 Å². The molecule has 1 saturated heterocycles. The topological polar surface area (TPSA) is 75.7 Å². The number of hydrogen-bond donors (Lipinski definition) is 1. The second-order valence-corrected chi connectivity index (χ2v) is 9.09. The molecule has 6 nitrogen and oxygen atoms in total. The molecule has 7 heteroatoms. The monoisotopic (exact) mass is 424 g/mol. The fourth-order valence-corrected chi connectivity index (χ4v) is 4.76. The molecule has 1 heterocycles. The van der Waals surface area contributed by atoms with E-state index in [0.717, 1.165) is 48.9 Å². The van der Waals surface area contributed by atoms with Gasteiger partial charge in [-0.3, -0.25) is 9.52 Å². The van der Waals surface area contributed by atoms with Crippen LogP contribution in [0.25, 0.3) is 10.8 Å². The zero-order valence-electron chi connectivity index (χ0n) is 16.8. The van der Waals surface area contributed by atoms with Crippen LogP contribution in [0, 0.1) is 0 Å². The minimum Gasteiger partial charge on any atom is -0.497 e. The maximum atomic E-state index is 12.8. The van der Waals surface area contributed by atoms with Gasteiger partial charge in [0.15, 0.2) is 0 Å². The number of methoxy groups -OCH3 is 1. The molecule has 4 rings (SSSR count). The van der Waals surface area contributed by atoms with Gasteiger partial charge in [0.25, 0.3) is 15.9 Å². The van der Waals surface area contributed by atoms with Gasteiger partial charge in [0.1, 0.15) is 5.75 Å². The lowest BCUT2D eigenvalue weighted by molar-refractivity contribution is 0.0724. The first kappa shape index (κ1) is 20.2. The van der Waals surface area contributed by atoms with E-state index < -0.39 is 10.0 Å². The van der Waals surface area contributed by atoms with Crippen molar-refractivity contribution < 1.29 is 17.9 Å². The van der Waals surface area contributed by atoms with E-state index in [0.29, 0.717) is 11.3 Å². The van der Waals surface area contributed by atoms with Crippen molar-refractivity contribution in [2.75, 3.05) is 24.9 Å². The summed E-state index contributed by atoms with van der Waals surface area (Å²) in [5, 5.41) is 1.70. The first-order valence-electron chi connectivity index (χ1n) is 9.96. The van der Waals surface area contributed by atoms with Gasteiger partial charge in [-0.2, -0.15) is 0 Å². The zero-order valence-corrected chi connectivity index (χ0v) is 17.6. The average Bonchev–Trinajstić information content (AvgIpc) is 2.78. The molecule has 0 unspecified atom stereocenters. The van der Waals surface area contributed by atoms with E-state index in [1.165, 1.54) is 0 Å². The average molecular weight is 425 g/mol. The molecular weight excluding hydrogens is 400 g/mol. The van der Waals surface area contributed by atoms with E-state index in [-0.39, 0.29) is 10.8 Å². The van der Waals surface area contributed by atoms with Gasteiger partial charge < -0.3 is 9.64 Å². The van der Waals surface area contributed by atoms with E-state index in [9.17, 15) is 13.2 Å². The summed E-state index contributed by atoms with van der Waals surface area (Å²) >= 11 is 0. The van der Waals surface area contributed by atoms with Gasteiger partial charge in [-0.1, -0.05) is 12.1 Å². The van der Waals surface area contributed by atoms with Crippen molar-refractivity contribution in [1.29, 1.82) is 0 Å². The van der Waals surface area contributed by atoms with Crippen molar-refractivity contribution in [3.63, 3.8) is 0 Å². The number of rotatable bonds is 5. The van der Waals surface area contributed by atoms with Crippen LogP contribution >= 0.6 is 0 Å². The van der Waals surface area contributed by atoms with Gasteiger partial charge in [-0.05, 0) is 78.6 Å². The first-order valence-corrected chi connectivity index (χ1v) is 11.4. The third-order valence-corrected chi connectivity index (χ3v) is 6.74. The molecule has 1 amide bonds. The van der Waals surface area contributed by atoms with E-state index >= 15 is 0 Å². The number of carbonyl (C=O) groups is 1. The maximum absolute atomic E-state index is 12.8. The van der Waals surface area contributed by atoms with Crippen LogP contribution in [0.2, 0.25) is 0 Å². The number of benzene rings is 3. The van der Waals surface area contributed by atoms with Crippen LogP contribution in [0.4, 0.5) is 5.69 Å². The van der Waals surface area contributed by atoms with Crippen LogP contribution in [0.1, 0.15) is 29.6 Å². The van der Waals surface area contributed by atoms with Gasteiger partial charge >= 0.3 is 0 Å². The summed E-state index contributed by atoms with van der Waals surface area (Å²) < 4.78 is 33.4. The molecule has 0 radical (unpaired) electrons. The number of nitrogens with zero attached hydrogens (tertiary/aromatic N) is 1. The number of nitrogens with one attached hydrogen (secondary N) is 1. The first-order chi connectivity index (χ1) is 14.5. The molecule has 0 atom stereocenters. The summed E-state index contributed by atoms with van der Waals surface area (Å²) in [5.41, 5.74) is 0.986. The molecule has 1 N–H and O–H groups in total. The normalized spacial score (nSPS) is 14.5. The summed E-state index contributed by atoms with van der Waals surface area (Å²) in [7, 11) is -2.16. The minimum absolute atomic E-state index is 0.00550. The van der Waals surface area contributed by atoms with Crippen molar-refractivity contribution >= 4 is 32.4 Å². The molecule has 0 saturated carbocycles. The number of hydrogen-bond acceptors (Lipinski definition) is 4. The summed E-state index contributed by atoms with van der Waals surface area (Å²) in [6.45, 7) is 1.56. The van der Waals surface area contributed by atoms with E-state index in [2.05, 4.69) is 4.72 Å². The lowest BCUT2D eigenvalue weighted by atomic mass is 10.1. The predicted molar refractivity (Wildman–Crippen MR) is 118 cm³/mol. The predicted octanol–water partition coefficient (Wildman–Crippen LogP) is 4.28. The number of fused-ring (bicyclic) bond motifs is 1. The van der Waals surface area contributed by atoms with Crippen molar-refractivity contribution in [2.24, 2.45) is 0 Å². The molecule has 0 aromatic heterocycles. The maximum Gasteiger partial charge on any atom is 0.261 e. The summed E-state index contributed by atoms with van der Waals surface area (Å²) in [4.78, 5) is 14.6. The third-order valence-electron chi connectivity index (χ3n) is 5.36. The highest BCUT2D eigenvalue weighted by atomic mass is 32.2. The Morgan fingerprint density at radius 2 is 1.57 bits per heavy atom. The largest absolute Gasteiger partial charge is 0.497 e. The molecule has 30 heavy (non-hydrogen) atoms. The Hall–Kier alpha value is -3.06. The number of sulfonamides is 1. The second kappa shape index (κ2) is 8.36. The summed E-state index contributed by atoms with van der Waals surface area (Å²) in [6, 6.07) is 17.0. The molecule has 1 fully saturated rings. The van der Waals surface area contributed by atoms with E-state index in [1.807, 2.05) is 17.0 Å². The van der Waals surface area contributed by atoms with Crippen LogP contribution in [0.3, 0.4) is 0 Å². The zero-order chi connectivity index (χ0) is 21.1. The Kier molecular flexibility index (Phi) is 5.63. The minimum atomic E-state index is -3.75. The van der Waals surface area contributed by atoms with Gasteiger partial charge in [0, 0.05) is 24.3 Å². The molecule has 0 spiro atoms. The van der Waals surface area contributed by atoms with Gasteiger partial charge in [-0.15, -0.1) is 0 Å². The lowest BCUT2D eigenvalue weighted by Crippen LogP contribution is -2.35. The second-order valence-electron chi connectivity index (χ2n) is 7.41. The van der Waals surface area contributed by atoms with Crippen molar-refractivity contribution in [3.05, 3.63) is 66.2 Å². The SMILES string of the molecule is COc1ccc2cc(S(=O)(=O)Nc3ccc(C(=O)N4CCCCC4)cc3)ccc2c1. The summed E-state index contributed by atoms with van der Waals surface area (Å²) in [5.74, 6) is 0.712. The molecular formula is C23H24N2O4S. The van der Waals surface area contributed by atoms with Crippen molar-refractivity contribution in [3.8, 4) is 5.75 Å². The third kappa shape index (κ3) is 4.26. The van der Waals surface area contributed by atoms with Crippen LogP contribution in [-0.4, -0.2) is 39.4 Å². The number of likely N-dealkylation sites (tertiary alicyclic amines) is 1. The van der Waals surface area contributed by atoms with Crippen LogP contribution in [0.15, 0.2) is 65.6 Å². The quantitative estimate of drug-likeness (QED) is 0.663. The molecule has 1 aliphatic heterocycles. The highest BCUT2D eigenvalue weighted by Crippen LogP contribution is 2.25.